The van der Waals surface area contributed by atoms with Gasteiger partial charge in [-0.3, -0.25) is 9.59 Å². The molecule has 2 aromatic carbocycles. The lowest BCUT2D eigenvalue weighted by Gasteiger charge is -2.15. The van der Waals surface area contributed by atoms with E-state index >= 15 is 0 Å². The van der Waals surface area contributed by atoms with E-state index in [0.29, 0.717) is 22.4 Å². The van der Waals surface area contributed by atoms with E-state index in [1.807, 2.05) is 19.1 Å². The van der Waals surface area contributed by atoms with Crippen LogP contribution >= 0.6 is 0 Å². The van der Waals surface area contributed by atoms with E-state index in [9.17, 15) is 9.59 Å². The van der Waals surface area contributed by atoms with Crippen molar-refractivity contribution < 1.29 is 4.79 Å². The van der Waals surface area contributed by atoms with Crippen LogP contribution in [0.4, 0.5) is 0 Å². The Morgan fingerprint density at radius 1 is 1.04 bits per heavy atom. The van der Waals surface area contributed by atoms with Crippen molar-refractivity contribution in [3.8, 4) is 0 Å². The zero-order chi connectivity index (χ0) is 20.0. The number of aromatic amines is 2. The van der Waals surface area contributed by atoms with E-state index in [-0.39, 0.29) is 18.0 Å². The SMILES string of the molecule is Cc1cc(C)c2cc(C(=O)N(C)Cc3nc4ccccc4c(=O)[nH]3)[nH]c2c1C. The summed E-state index contributed by atoms with van der Waals surface area (Å²) in [6.45, 7) is 6.38. The van der Waals surface area contributed by atoms with E-state index in [0.717, 1.165) is 22.0 Å². The third-order valence-electron chi connectivity index (χ3n) is 5.27. The van der Waals surface area contributed by atoms with Crippen LogP contribution in [0.3, 0.4) is 0 Å². The zero-order valence-corrected chi connectivity index (χ0v) is 16.4. The topological polar surface area (TPSA) is 81.8 Å². The number of aromatic nitrogens is 3. The lowest BCUT2D eigenvalue weighted by molar-refractivity contribution is 0.0776. The molecule has 0 saturated carbocycles. The van der Waals surface area contributed by atoms with E-state index in [1.165, 1.54) is 5.56 Å². The maximum Gasteiger partial charge on any atom is 0.270 e. The fourth-order valence-corrected chi connectivity index (χ4v) is 3.60. The lowest BCUT2D eigenvalue weighted by atomic mass is 10.0. The third kappa shape index (κ3) is 2.97. The Morgan fingerprint density at radius 3 is 2.57 bits per heavy atom. The number of carbonyl (C=O) groups is 1. The van der Waals surface area contributed by atoms with Gasteiger partial charge in [0.05, 0.1) is 17.4 Å². The largest absolute Gasteiger partial charge is 0.350 e. The van der Waals surface area contributed by atoms with Crippen LogP contribution in [0, 0.1) is 20.8 Å². The van der Waals surface area contributed by atoms with Crippen molar-refractivity contribution >= 4 is 27.7 Å². The first-order valence-corrected chi connectivity index (χ1v) is 9.18. The minimum atomic E-state index is -0.200. The first-order chi connectivity index (χ1) is 13.3. The molecule has 142 valence electrons. The summed E-state index contributed by atoms with van der Waals surface area (Å²) in [6.07, 6.45) is 0. The molecule has 0 unspecified atom stereocenters. The quantitative estimate of drug-likeness (QED) is 0.575. The highest BCUT2D eigenvalue weighted by atomic mass is 16.2. The number of amides is 1. The fraction of sp³-hybridized carbons (Fsp3) is 0.227. The molecule has 0 radical (unpaired) electrons. The van der Waals surface area contributed by atoms with E-state index in [2.05, 4.69) is 34.9 Å². The predicted octanol–water partition coefficient (Wildman–Crippen LogP) is 3.60. The maximum atomic E-state index is 12.9. The van der Waals surface area contributed by atoms with Crippen molar-refractivity contribution in [2.75, 3.05) is 7.05 Å². The molecule has 2 heterocycles. The Morgan fingerprint density at radius 2 is 1.79 bits per heavy atom. The van der Waals surface area contributed by atoms with Gasteiger partial charge in [0.1, 0.15) is 11.5 Å². The maximum absolute atomic E-state index is 12.9. The third-order valence-corrected chi connectivity index (χ3v) is 5.27. The average Bonchev–Trinajstić information content (AvgIpc) is 3.12. The highest BCUT2D eigenvalue weighted by Gasteiger charge is 2.18. The minimum absolute atomic E-state index is 0.150. The number of H-pyrrole nitrogens is 2. The number of benzene rings is 2. The van der Waals surface area contributed by atoms with Gasteiger partial charge in [0.25, 0.3) is 11.5 Å². The second kappa shape index (κ2) is 6.64. The van der Waals surface area contributed by atoms with Crippen LogP contribution in [0.25, 0.3) is 21.8 Å². The highest BCUT2D eigenvalue weighted by molar-refractivity contribution is 5.99. The monoisotopic (exact) mass is 374 g/mol. The number of nitrogens with one attached hydrogen (secondary N) is 2. The van der Waals surface area contributed by atoms with Crippen LogP contribution in [0.5, 0.6) is 0 Å². The number of rotatable bonds is 3. The van der Waals surface area contributed by atoms with Crippen molar-refractivity contribution in [3.05, 3.63) is 75.0 Å². The summed E-state index contributed by atoms with van der Waals surface area (Å²) in [5.41, 5.74) is 5.41. The molecule has 28 heavy (non-hydrogen) atoms. The molecule has 0 fully saturated rings. The standard InChI is InChI=1S/C22H22N4O2/c1-12-9-13(2)16-10-18(24-20(16)14(12)3)22(28)26(4)11-19-23-17-8-6-5-7-15(17)21(27)25-19/h5-10,24H,11H2,1-4H3,(H,23,25,27). The van der Waals surface area contributed by atoms with Gasteiger partial charge < -0.3 is 14.9 Å². The van der Waals surface area contributed by atoms with Gasteiger partial charge in [0, 0.05) is 18.0 Å². The lowest BCUT2D eigenvalue weighted by Crippen LogP contribution is -2.28. The summed E-state index contributed by atoms with van der Waals surface area (Å²) >= 11 is 0. The van der Waals surface area contributed by atoms with Gasteiger partial charge in [-0.15, -0.1) is 0 Å². The summed E-state index contributed by atoms with van der Waals surface area (Å²) in [5, 5.41) is 1.59. The molecular formula is C22H22N4O2. The second-order valence-corrected chi connectivity index (χ2v) is 7.30. The molecule has 6 nitrogen and oxygen atoms in total. The Bertz CT molecular complexity index is 1280. The second-order valence-electron chi connectivity index (χ2n) is 7.30. The zero-order valence-electron chi connectivity index (χ0n) is 16.4. The van der Waals surface area contributed by atoms with Crippen LogP contribution in [-0.2, 0) is 6.54 Å². The van der Waals surface area contributed by atoms with Gasteiger partial charge in [-0.2, -0.15) is 0 Å². The molecule has 0 atom stereocenters. The molecule has 0 aliphatic carbocycles. The number of aryl methyl sites for hydroxylation is 3. The van der Waals surface area contributed by atoms with Crippen LogP contribution in [-0.4, -0.2) is 32.8 Å². The van der Waals surface area contributed by atoms with Crippen molar-refractivity contribution in [3.63, 3.8) is 0 Å². The number of carbonyl (C=O) groups excluding carboxylic acids is 1. The number of para-hydroxylation sites is 1. The van der Waals surface area contributed by atoms with Crippen LogP contribution in [0.1, 0.15) is 33.0 Å². The molecule has 6 heteroatoms. The summed E-state index contributed by atoms with van der Waals surface area (Å²) in [7, 11) is 1.70. The number of hydrogen-bond acceptors (Lipinski definition) is 3. The molecule has 0 aliphatic rings. The Balaban J connectivity index is 1.65. The first kappa shape index (κ1) is 18.0. The van der Waals surface area contributed by atoms with Gasteiger partial charge in [0.15, 0.2) is 0 Å². The molecule has 0 spiro atoms. The molecule has 4 aromatic rings. The summed E-state index contributed by atoms with van der Waals surface area (Å²) in [5.74, 6) is 0.308. The van der Waals surface area contributed by atoms with Crippen molar-refractivity contribution in [1.82, 2.24) is 19.9 Å². The number of fused-ring (bicyclic) bond motifs is 2. The van der Waals surface area contributed by atoms with Crippen molar-refractivity contribution in [1.29, 1.82) is 0 Å². The summed E-state index contributed by atoms with van der Waals surface area (Å²) in [6, 6.07) is 11.2. The smallest absolute Gasteiger partial charge is 0.270 e. The van der Waals surface area contributed by atoms with E-state index in [4.69, 9.17) is 0 Å². The number of nitrogens with zero attached hydrogens (tertiary/aromatic N) is 2. The normalized spacial score (nSPS) is 11.3. The minimum Gasteiger partial charge on any atom is -0.350 e. The van der Waals surface area contributed by atoms with Crippen LogP contribution in [0.15, 0.2) is 41.2 Å². The Hall–Kier alpha value is -3.41. The molecule has 0 bridgehead atoms. The molecule has 2 N–H and O–H groups in total. The highest BCUT2D eigenvalue weighted by Crippen LogP contribution is 2.26. The van der Waals surface area contributed by atoms with Gasteiger partial charge in [-0.05, 0) is 55.7 Å². The van der Waals surface area contributed by atoms with Crippen molar-refractivity contribution in [2.45, 2.75) is 27.3 Å². The Kier molecular flexibility index (Phi) is 4.26. The van der Waals surface area contributed by atoms with Gasteiger partial charge >= 0.3 is 0 Å². The van der Waals surface area contributed by atoms with Gasteiger partial charge in [-0.1, -0.05) is 18.2 Å². The predicted molar refractivity (Wildman–Crippen MR) is 111 cm³/mol. The van der Waals surface area contributed by atoms with E-state index < -0.39 is 0 Å². The molecule has 1 amide bonds. The first-order valence-electron chi connectivity index (χ1n) is 9.18. The average molecular weight is 374 g/mol. The van der Waals surface area contributed by atoms with Crippen LogP contribution in [0.2, 0.25) is 0 Å². The molecule has 2 aromatic heterocycles. The summed E-state index contributed by atoms with van der Waals surface area (Å²) < 4.78 is 0. The fourth-order valence-electron chi connectivity index (χ4n) is 3.60. The summed E-state index contributed by atoms with van der Waals surface area (Å²) in [4.78, 5) is 37.3. The molecule has 0 aliphatic heterocycles. The van der Waals surface area contributed by atoms with Gasteiger partial charge in [0.2, 0.25) is 0 Å². The van der Waals surface area contributed by atoms with Crippen molar-refractivity contribution in [2.24, 2.45) is 0 Å². The molecule has 4 rings (SSSR count). The molecule has 0 saturated heterocycles. The van der Waals surface area contributed by atoms with E-state index in [1.54, 1.807) is 30.1 Å². The van der Waals surface area contributed by atoms with Crippen LogP contribution < -0.4 is 5.56 Å². The Labute approximate surface area is 162 Å². The molecular weight excluding hydrogens is 352 g/mol. The number of hydrogen-bond donors (Lipinski definition) is 2. The van der Waals surface area contributed by atoms with Gasteiger partial charge in [-0.25, -0.2) is 4.98 Å².